The Morgan fingerprint density at radius 1 is 1.24 bits per heavy atom. The highest BCUT2D eigenvalue weighted by atomic mass is 15.3. The Bertz CT molecular complexity index is 529. The third-order valence-corrected chi connectivity index (χ3v) is 2.78. The summed E-state index contributed by atoms with van der Waals surface area (Å²) in [4.78, 5) is 0. The van der Waals surface area contributed by atoms with E-state index in [9.17, 15) is 0 Å². The number of hydrogen-bond donors (Lipinski definition) is 0. The monoisotopic (exact) mass is 225 g/mol. The zero-order valence-corrected chi connectivity index (χ0v) is 10.1. The van der Waals surface area contributed by atoms with Crippen molar-refractivity contribution in [2.45, 2.75) is 26.3 Å². The van der Waals surface area contributed by atoms with E-state index in [0.717, 1.165) is 11.1 Å². The Morgan fingerprint density at radius 3 is 2.53 bits per heavy atom. The molecule has 0 atom stereocenters. The fourth-order valence-corrected chi connectivity index (χ4v) is 1.73. The summed E-state index contributed by atoms with van der Waals surface area (Å²) in [5.41, 5.74) is 3.52. The van der Waals surface area contributed by atoms with Crippen LogP contribution in [0.3, 0.4) is 0 Å². The van der Waals surface area contributed by atoms with Crippen LogP contribution in [-0.4, -0.2) is 9.78 Å². The topological polar surface area (TPSA) is 41.6 Å². The molecule has 17 heavy (non-hydrogen) atoms. The number of aromatic nitrogens is 2. The van der Waals surface area contributed by atoms with E-state index in [-0.39, 0.29) is 0 Å². The standard InChI is InChI=1S/C14H15N3/c1-11(2)12-3-5-13(6-4-12)14-9-16-17(10-14)8-7-15/h3-6,9-11H,8H2,1-2H3. The summed E-state index contributed by atoms with van der Waals surface area (Å²) in [7, 11) is 0. The van der Waals surface area contributed by atoms with Gasteiger partial charge in [0.15, 0.2) is 0 Å². The molecule has 2 rings (SSSR count). The van der Waals surface area contributed by atoms with E-state index in [1.54, 1.807) is 10.9 Å². The molecule has 0 saturated carbocycles. The van der Waals surface area contributed by atoms with Crippen LogP contribution in [0.5, 0.6) is 0 Å². The van der Waals surface area contributed by atoms with Crippen molar-refractivity contribution >= 4 is 0 Å². The molecule has 0 amide bonds. The zero-order valence-electron chi connectivity index (χ0n) is 10.1. The molecule has 0 fully saturated rings. The fourth-order valence-electron chi connectivity index (χ4n) is 1.73. The molecule has 1 heterocycles. The summed E-state index contributed by atoms with van der Waals surface area (Å²) in [5.74, 6) is 0.547. The van der Waals surface area contributed by atoms with Crippen molar-refractivity contribution in [1.82, 2.24) is 9.78 Å². The van der Waals surface area contributed by atoms with Crippen LogP contribution in [0, 0.1) is 11.3 Å². The lowest BCUT2D eigenvalue weighted by molar-refractivity contribution is 0.710. The molecule has 0 spiro atoms. The average Bonchev–Trinajstić information content (AvgIpc) is 2.78. The molecule has 1 aromatic carbocycles. The molecule has 0 bridgehead atoms. The van der Waals surface area contributed by atoms with Gasteiger partial charge in [0.1, 0.15) is 6.54 Å². The van der Waals surface area contributed by atoms with Gasteiger partial charge in [0.05, 0.1) is 12.3 Å². The maximum atomic E-state index is 8.59. The zero-order chi connectivity index (χ0) is 12.3. The third-order valence-electron chi connectivity index (χ3n) is 2.78. The second kappa shape index (κ2) is 4.84. The van der Waals surface area contributed by atoms with Gasteiger partial charge >= 0.3 is 0 Å². The van der Waals surface area contributed by atoms with E-state index in [1.165, 1.54) is 5.56 Å². The van der Waals surface area contributed by atoms with Crippen molar-refractivity contribution < 1.29 is 0 Å². The summed E-state index contributed by atoms with van der Waals surface area (Å²) >= 11 is 0. The highest BCUT2D eigenvalue weighted by Gasteiger charge is 2.03. The Labute approximate surface area is 101 Å². The second-order valence-electron chi connectivity index (χ2n) is 4.36. The number of hydrogen-bond acceptors (Lipinski definition) is 2. The van der Waals surface area contributed by atoms with Crippen molar-refractivity contribution in [3.63, 3.8) is 0 Å². The minimum atomic E-state index is 0.296. The average molecular weight is 225 g/mol. The van der Waals surface area contributed by atoms with Gasteiger partial charge in [-0.3, -0.25) is 4.68 Å². The summed E-state index contributed by atoms with van der Waals surface area (Å²) in [5, 5.41) is 12.7. The molecule has 0 radical (unpaired) electrons. The molecule has 1 aromatic heterocycles. The van der Waals surface area contributed by atoms with Crippen LogP contribution in [0.15, 0.2) is 36.7 Å². The molecule has 0 N–H and O–H groups in total. The molecule has 3 nitrogen and oxygen atoms in total. The highest BCUT2D eigenvalue weighted by Crippen LogP contribution is 2.22. The minimum absolute atomic E-state index is 0.296. The summed E-state index contributed by atoms with van der Waals surface area (Å²) in [6, 6.07) is 10.6. The van der Waals surface area contributed by atoms with Gasteiger partial charge in [-0.15, -0.1) is 0 Å². The van der Waals surface area contributed by atoms with Crippen LogP contribution in [0.25, 0.3) is 11.1 Å². The van der Waals surface area contributed by atoms with Gasteiger partial charge in [0.25, 0.3) is 0 Å². The summed E-state index contributed by atoms with van der Waals surface area (Å²) in [6.07, 6.45) is 3.69. The van der Waals surface area contributed by atoms with Crippen molar-refractivity contribution in [2.24, 2.45) is 0 Å². The Hall–Kier alpha value is -2.08. The minimum Gasteiger partial charge on any atom is -0.258 e. The van der Waals surface area contributed by atoms with Crippen LogP contribution in [0.4, 0.5) is 0 Å². The van der Waals surface area contributed by atoms with E-state index >= 15 is 0 Å². The molecule has 86 valence electrons. The lowest BCUT2D eigenvalue weighted by Gasteiger charge is -2.05. The molecule has 0 aliphatic heterocycles. The van der Waals surface area contributed by atoms with Gasteiger partial charge in [-0.25, -0.2) is 0 Å². The van der Waals surface area contributed by atoms with Gasteiger partial charge < -0.3 is 0 Å². The van der Waals surface area contributed by atoms with Crippen LogP contribution >= 0.6 is 0 Å². The summed E-state index contributed by atoms with van der Waals surface area (Å²) < 4.78 is 1.64. The van der Waals surface area contributed by atoms with Crippen LogP contribution in [0.1, 0.15) is 25.3 Å². The number of nitriles is 1. The third kappa shape index (κ3) is 2.54. The lowest BCUT2D eigenvalue weighted by atomic mass is 10.0. The van der Waals surface area contributed by atoms with Crippen molar-refractivity contribution in [3.05, 3.63) is 42.2 Å². The van der Waals surface area contributed by atoms with Gasteiger partial charge in [0, 0.05) is 11.8 Å². The molecule has 0 aliphatic carbocycles. The van der Waals surface area contributed by atoms with Crippen LogP contribution in [0.2, 0.25) is 0 Å². The number of rotatable bonds is 3. The number of benzene rings is 1. The van der Waals surface area contributed by atoms with Gasteiger partial charge in [-0.2, -0.15) is 10.4 Å². The Morgan fingerprint density at radius 2 is 1.94 bits per heavy atom. The molecular formula is C14H15N3. The molecule has 0 saturated heterocycles. The molecule has 2 aromatic rings. The molecule has 0 unspecified atom stereocenters. The van der Waals surface area contributed by atoms with E-state index in [4.69, 9.17) is 5.26 Å². The maximum Gasteiger partial charge on any atom is 0.128 e. The van der Waals surface area contributed by atoms with Crippen molar-refractivity contribution in [1.29, 1.82) is 5.26 Å². The smallest absolute Gasteiger partial charge is 0.128 e. The van der Waals surface area contributed by atoms with E-state index in [1.807, 2.05) is 6.20 Å². The first-order valence-electron chi connectivity index (χ1n) is 5.70. The van der Waals surface area contributed by atoms with Crippen LogP contribution < -0.4 is 0 Å². The predicted octanol–water partition coefficient (Wildman–Crippen LogP) is 3.20. The lowest BCUT2D eigenvalue weighted by Crippen LogP contribution is -1.94. The first-order valence-corrected chi connectivity index (χ1v) is 5.70. The normalized spacial score (nSPS) is 10.5. The quantitative estimate of drug-likeness (QED) is 0.805. The predicted molar refractivity (Wildman–Crippen MR) is 67.4 cm³/mol. The Kier molecular flexibility index (Phi) is 3.24. The van der Waals surface area contributed by atoms with Gasteiger partial charge in [-0.1, -0.05) is 38.1 Å². The first kappa shape index (κ1) is 11.4. The largest absolute Gasteiger partial charge is 0.258 e. The van der Waals surface area contributed by atoms with Gasteiger partial charge in [-0.05, 0) is 17.0 Å². The van der Waals surface area contributed by atoms with E-state index < -0.39 is 0 Å². The first-order chi connectivity index (χ1) is 8.20. The molecular weight excluding hydrogens is 210 g/mol. The highest BCUT2D eigenvalue weighted by molar-refractivity contribution is 5.62. The summed E-state index contributed by atoms with van der Waals surface area (Å²) in [6.45, 7) is 4.66. The molecule has 3 heteroatoms. The second-order valence-corrected chi connectivity index (χ2v) is 4.36. The van der Waals surface area contributed by atoms with E-state index in [2.05, 4.69) is 49.3 Å². The van der Waals surface area contributed by atoms with Crippen LogP contribution in [-0.2, 0) is 6.54 Å². The maximum absolute atomic E-state index is 8.59. The SMILES string of the molecule is CC(C)c1ccc(-c2cnn(CC#N)c2)cc1. The fraction of sp³-hybridized carbons (Fsp3) is 0.286. The van der Waals surface area contributed by atoms with Crippen molar-refractivity contribution in [3.8, 4) is 17.2 Å². The van der Waals surface area contributed by atoms with Crippen molar-refractivity contribution in [2.75, 3.05) is 0 Å². The number of nitrogens with zero attached hydrogens (tertiary/aromatic N) is 3. The van der Waals surface area contributed by atoms with E-state index in [0.29, 0.717) is 12.5 Å². The molecule has 0 aliphatic rings. The van der Waals surface area contributed by atoms with Gasteiger partial charge in [0.2, 0.25) is 0 Å². The Balaban J connectivity index is 2.24.